The third-order valence-electron chi connectivity index (χ3n) is 3.25. The molecule has 0 radical (unpaired) electrons. The van der Waals surface area contributed by atoms with Crippen LogP contribution >= 0.6 is 15.9 Å². The SMILES string of the molecule is CC[C@@H](C)N=Cc1c(O)n(-c2ccc(Br)cc2)c(=O)[nH]c1=O. The van der Waals surface area contributed by atoms with Crippen LogP contribution < -0.4 is 11.2 Å². The Hall–Kier alpha value is -2.15. The summed E-state index contributed by atoms with van der Waals surface area (Å²) in [7, 11) is 0. The Morgan fingerprint density at radius 3 is 2.59 bits per heavy atom. The maximum Gasteiger partial charge on any atom is 0.335 e. The van der Waals surface area contributed by atoms with Gasteiger partial charge in [0.05, 0.1) is 5.69 Å². The number of H-pyrrole nitrogens is 1. The molecular formula is C15H16BrN3O3. The minimum absolute atomic E-state index is 0.0202. The van der Waals surface area contributed by atoms with Crippen molar-refractivity contribution in [2.75, 3.05) is 0 Å². The fourth-order valence-corrected chi connectivity index (χ4v) is 2.06. The molecule has 0 bridgehead atoms. The van der Waals surface area contributed by atoms with Crippen LogP contribution in [-0.4, -0.2) is 26.9 Å². The summed E-state index contributed by atoms with van der Waals surface area (Å²) in [6.45, 7) is 3.86. The van der Waals surface area contributed by atoms with Gasteiger partial charge in [0.15, 0.2) is 0 Å². The van der Waals surface area contributed by atoms with E-state index in [1.807, 2.05) is 13.8 Å². The molecule has 2 N–H and O–H groups in total. The summed E-state index contributed by atoms with van der Waals surface area (Å²) < 4.78 is 1.87. The van der Waals surface area contributed by atoms with E-state index in [0.717, 1.165) is 15.5 Å². The number of benzene rings is 1. The first-order valence-electron chi connectivity index (χ1n) is 6.81. The number of aliphatic imine (C=N–C) groups is 1. The summed E-state index contributed by atoms with van der Waals surface area (Å²) in [6.07, 6.45) is 2.11. The third kappa shape index (κ3) is 3.36. The highest BCUT2D eigenvalue weighted by atomic mass is 79.9. The van der Waals surface area contributed by atoms with Crippen molar-refractivity contribution in [3.63, 3.8) is 0 Å². The van der Waals surface area contributed by atoms with Crippen molar-refractivity contribution in [1.82, 2.24) is 9.55 Å². The van der Waals surface area contributed by atoms with Gasteiger partial charge in [0, 0.05) is 16.7 Å². The zero-order chi connectivity index (χ0) is 16.3. The van der Waals surface area contributed by atoms with Crippen LogP contribution in [0.1, 0.15) is 25.8 Å². The standard InChI is InChI=1S/C15H16BrN3O3/c1-3-9(2)17-8-12-13(20)18-15(22)19(14(12)21)11-6-4-10(16)5-7-11/h4-9,21H,3H2,1-2H3,(H,18,20,22)/t9-/m1/s1. The summed E-state index contributed by atoms with van der Waals surface area (Å²) in [5, 5.41) is 10.3. The maximum atomic E-state index is 12.0. The van der Waals surface area contributed by atoms with Gasteiger partial charge in [0.25, 0.3) is 5.56 Å². The molecule has 0 aliphatic heterocycles. The molecule has 2 aromatic rings. The molecule has 0 aliphatic carbocycles. The number of hydrogen-bond donors (Lipinski definition) is 2. The Morgan fingerprint density at radius 1 is 1.36 bits per heavy atom. The molecule has 6 nitrogen and oxygen atoms in total. The van der Waals surface area contributed by atoms with Crippen LogP contribution in [0.2, 0.25) is 0 Å². The monoisotopic (exact) mass is 365 g/mol. The first kappa shape index (κ1) is 16.2. The number of nitrogens with one attached hydrogen (secondary N) is 1. The minimum Gasteiger partial charge on any atom is -0.493 e. The molecule has 0 spiro atoms. The van der Waals surface area contributed by atoms with Crippen molar-refractivity contribution in [2.45, 2.75) is 26.3 Å². The van der Waals surface area contributed by atoms with Crippen LogP contribution in [0.4, 0.5) is 0 Å². The van der Waals surface area contributed by atoms with Crippen molar-refractivity contribution >= 4 is 22.1 Å². The number of aromatic hydroxyl groups is 1. The topological polar surface area (TPSA) is 87.4 Å². The molecular weight excluding hydrogens is 350 g/mol. The van der Waals surface area contributed by atoms with Gasteiger partial charge in [-0.3, -0.25) is 14.8 Å². The van der Waals surface area contributed by atoms with Crippen molar-refractivity contribution in [1.29, 1.82) is 0 Å². The first-order chi connectivity index (χ1) is 10.4. The molecule has 116 valence electrons. The second-order valence-corrected chi connectivity index (χ2v) is 5.76. The lowest BCUT2D eigenvalue weighted by Crippen LogP contribution is -2.31. The van der Waals surface area contributed by atoms with E-state index in [1.54, 1.807) is 24.3 Å². The highest BCUT2D eigenvalue weighted by Gasteiger charge is 2.14. The van der Waals surface area contributed by atoms with Gasteiger partial charge in [-0.05, 0) is 37.6 Å². The zero-order valence-electron chi connectivity index (χ0n) is 12.2. The Morgan fingerprint density at radius 2 is 2.00 bits per heavy atom. The van der Waals surface area contributed by atoms with Gasteiger partial charge in [0.2, 0.25) is 5.88 Å². The summed E-state index contributed by atoms with van der Waals surface area (Å²) in [6, 6.07) is 6.79. The van der Waals surface area contributed by atoms with E-state index < -0.39 is 17.1 Å². The Kier molecular flexibility index (Phi) is 4.97. The molecule has 0 saturated heterocycles. The van der Waals surface area contributed by atoms with Crippen molar-refractivity contribution in [3.05, 3.63) is 55.1 Å². The summed E-state index contributed by atoms with van der Waals surface area (Å²) in [5.41, 5.74) is -0.962. The number of rotatable bonds is 4. The van der Waals surface area contributed by atoms with E-state index in [4.69, 9.17) is 0 Å². The number of aromatic nitrogens is 2. The molecule has 1 aromatic carbocycles. The van der Waals surface area contributed by atoms with E-state index in [1.165, 1.54) is 6.21 Å². The lowest BCUT2D eigenvalue weighted by Gasteiger charge is -2.10. The van der Waals surface area contributed by atoms with E-state index in [2.05, 4.69) is 25.9 Å². The molecule has 7 heteroatoms. The number of aromatic amines is 1. The Bertz CT molecular complexity index is 806. The molecule has 1 atom stereocenters. The second-order valence-electron chi connectivity index (χ2n) is 4.84. The largest absolute Gasteiger partial charge is 0.493 e. The van der Waals surface area contributed by atoms with Gasteiger partial charge in [-0.15, -0.1) is 0 Å². The third-order valence-corrected chi connectivity index (χ3v) is 3.78. The smallest absolute Gasteiger partial charge is 0.335 e. The zero-order valence-corrected chi connectivity index (χ0v) is 13.8. The quantitative estimate of drug-likeness (QED) is 0.814. The predicted octanol–water partition coefficient (Wildman–Crippen LogP) is 2.21. The number of halogens is 1. The van der Waals surface area contributed by atoms with Crippen LogP contribution in [0.5, 0.6) is 5.88 Å². The van der Waals surface area contributed by atoms with Gasteiger partial charge in [0.1, 0.15) is 5.56 Å². The molecule has 0 aliphatic rings. The van der Waals surface area contributed by atoms with Crippen molar-refractivity contribution in [3.8, 4) is 11.6 Å². The Labute approximate surface area is 135 Å². The summed E-state index contributed by atoms with van der Waals surface area (Å²) in [5.74, 6) is -0.428. The molecule has 22 heavy (non-hydrogen) atoms. The van der Waals surface area contributed by atoms with E-state index in [0.29, 0.717) is 5.69 Å². The molecule has 0 unspecified atom stereocenters. The fraction of sp³-hybridized carbons (Fsp3) is 0.267. The maximum absolute atomic E-state index is 12.0. The van der Waals surface area contributed by atoms with E-state index >= 15 is 0 Å². The lowest BCUT2D eigenvalue weighted by atomic mass is 10.2. The molecule has 0 fully saturated rings. The Balaban J connectivity index is 2.61. The average molecular weight is 366 g/mol. The summed E-state index contributed by atoms with van der Waals surface area (Å²) >= 11 is 3.30. The number of hydrogen-bond acceptors (Lipinski definition) is 4. The molecule has 1 aromatic heterocycles. The van der Waals surface area contributed by atoms with E-state index in [9.17, 15) is 14.7 Å². The van der Waals surface area contributed by atoms with E-state index in [-0.39, 0.29) is 11.6 Å². The van der Waals surface area contributed by atoms with Crippen molar-refractivity contribution < 1.29 is 5.11 Å². The molecule has 0 amide bonds. The number of nitrogens with zero attached hydrogens (tertiary/aromatic N) is 2. The van der Waals surface area contributed by atoms with Gasteiger partial charge in [-0.2, -0.15) is 0 Å². The normalized spacial score (nSPS) is 12.7. The fourth-order valence-electron chi connectivity index (χ4n) is 1.79. The van der Waals surface area contributed by atoms with Crippen LogP contribution in [-0.2, 0) is 0 Å². The first-order valence-corrected chi connectivity index (χ1v) is 7.60. The van der Waals surface area contributed by atoms with Crippen LogP contribution in [0, 0.1) is 0 Å². The van der Waals surface area contributed by atoms with Gasteiger partial charge < -0.3 is 5.11 Å². The minimum atomic E-state index is -0.703. The van der Waals surface area contributed by atoms with Gasteiger partial charge >= 0.3 is 5.69 Å². The van der Waals surface area contributed by atoms with Crippen molar-refractivity contribution in [2.24, 2.45) is 4.99 Å². The predicted molar refractivity (Wildman–Crippen MR) is 89.4 cm³/mol. The average Bonchev–Trinajstić information content (AvgIpc) is 2.48. The molecule has 1 heterocycles. The van der Waals surface area contributed by atoms with Gasteiger partial charge in [-0.1, -0.05) is 22.9 Å². The highest BCUT2D eigenvalue weighted by Crippen LogP contribution is 2.18. The molecule has 0 saturated carbocycles. The summed E-state index contributed by atoms with van der Waals surface area (Å²) in [4.78, 5) is 30.2. The van der Waals surface area contributed by atoms with Crippen LogP contribution in [0.3, 0.4) is 0 Å². The lowest BCUT2D eigenvalue weighted by molar-refractivity contribution is 0.430. The highest BCUT2D eigenvalue weighted by molar-refractivity contribution is 9.10. The van der Waals surface area contributed by atoms with Gasteiger partial charge in [-0.25, -0.2) is 9.36 Å². The second kappa shape index (κ2) is 6.74. The van der Waals surface area contributed by atoms with Crippen LogP contribution in [0.15, 0.2) is 43.3 Å². The molecule has 2 rings (SSSR count). The van der Waals surface area contributed by atoms with Crippen LogP contribution in [0.25, 0.3) is 5.69 Å².